The molecule has 0 aliphatic heterocycles. The van der Waals surface area contributed by atoms with E-state index in [-0.39, 0.29) is 0 Å². The van der Waals surface area contributed by atoms with E-state index < -0.39 is 0 Å². The van der Waals surface area contributed by atoms with Gasteiger partial charge in [0.25, 0.3) is 0 Å². The van der Waals surface area contributed by atoms with Crippen LogP contribution in [-0.2, 0) is 0 Å². The first-order valence-corrected chi connectivity index (χ1v) is 10.5. The highest BCUT2D eigenvalue weighted by molar-refractivity contribution is 5.28. The minimum atomic E-state index is 0.569. The molecule has 3 rings (SSSR count). The lowest BCUT2D eigenvalue weighted by Crippen LogP contribution is -2.34. The van der Waals surface area contributed by atoms with Crippen LogP contribution in [0.5, 0.6) is 0 Å². The van der Waals surface area contributed by atoms with E-state index in [9.17, 15) is 0 Å². The molecule has 3 atom stereocenters. The zero-order valence-corrected chi connectivity index (χ0v) is 15.7. The van der Waals surface area contributed by atoms with Gasteiger partial charge in [-0.1, -0.05) is 50.8 Å². The molecule has 3 aliphatic carbocycles. The Hall–Kier alpha value is -0.520. The second-order valence-corrected chi connectivity index (χ2v) is 8.90. The van der Waals surface area contributed by atoms with Gasteiger partial charge in [0, 0.05) is 0 Å². The monoisotopic (exact) mass is 314 g/mol. The Bertz CT molecular complexity index is 423. The summed E-state index contributed by atoms with van der Waals surface area (Å²) in [6, 6.07) is 0. The quantitative estimate of drug-likeness (QED) is 0.356. The molecule has 0 radical (unpaired) electrons. The lowest BCUT2D eigenvalue weighted by Gasteiger charge is -2.44. The van der Waals surface area contributed by atoms with Crippen molar-refractivity contribution >= 4 is 0 Å². The van der Waals surface area contributed by atoms with Crippen molar-refractivity contribution in [2.75, 3.05) is 0 Å². The molecule has 0 saturated heterocycles. The number of fused-ring (bicyclic) bond motifs is 1. The Labute approximate surface area is 144 Å². The highest BCUT2D eigenvalue weighted by Crippen LogP contribution is 2.59. The zero-order chi connectivity index (χ0) is 16.3. The van der Waals surface area contributed by atoms with Gasteiger partial charge in [0.05, 0.1) is 0 Å². The van der Waals surface area contributed by atoms with Gasteiger partial charge in [0.2, 0.25) is 0 Å². The van der Waals surface area contributed by atoms with Crippen LogP contribution in [0, 0.1) is 29.1 Å². The molecule has 23 heavy (non-hydrogen) atoms. The van der Waals surface area contributed by atoms with Crippen molar-refractivity contribution in [3.63, 3.8) is 0 Å². The van der Waals surface area contributed by atoms with E-state index in [1.165, 1.54) is 77.0 Å². The molecule has 2 fully saturated rings. The summed E-state index contributed by atoms with van der Waals surface area (Å²) in [6.45, 7) is 8.91. The third-order valence-electron chi connectivity index (χ3n) is 7.63. The lowest BCUT2D eigenvalue weighted by atomic mass is 9.60. The van der Waals surface area contributed by atoms with Gasteiger partial charge in [-0.25, -0.2) is 0 Å². The fraction of sp³-hybridized carbons (Fsp3) is 0.826. The maximum atomic E-state index is 3.86. The number of hydrogen-bond acceptors (Lipinski definition) is 0. The lowest BCUT2D eigenvalue weighted by molar-refractivity contribution is 0.122. The van der Waals surface area contributed by atoms with Crippen molar-refractivity contribution in [2.45, 2.75) is 90.9 Å². The average Bonchev–Trinajstić information content (AvgIpc) is 2.88. The van der Waals surface area contributed by atoms with Gasteiger partial charge in [-0.3, -0.25) is 0 Å². The summed E-state index contributed by atoms with van der Waals surface area (Å²) < 4.78 is 0. The van der Waals surface area contributed by atoms with Crippen molar-refractivity contribution < 1.29 is 0 Å². The van der Waals surface area contributed by atoms with Gasteiger partial charge >= 0.3 is 0 Å². The number of hydrogen-bond donors (Lipinski definition) is 0. The van der Waals surface area contributed by atoms with Crippen LogP contribution in [-0.4, -0.2) is 0 Å². The van der Waals surface area contributed by atoms with Crippen LogP contribution in [0.3, 0.4) is 0 Å². The Morgan fingerprint density at radius 2 is 1.96 bits per heavy atom. The first-order chi connectivity index (χ1) is 11.2. The number of unbranched alkanes of at least 4 members (excludes halogenated alkanes) is 1. The average molecular weight is 315 g/mol. The van der Waals surface area contributed by atoms with Gasteiger partial charge in [0.15, 0.2) is 0 Å². The first-order valence-electron chi connectivity index (χ1n) is 10.5. The zero-order valence-electron chi connectivity index (χ0n) is 15.7. The summed E-state index contributed by atoms with van der Waals surface area (Å²) >= 11 is 0. The molecule has 0 aromatic carbocycles. The fourth-order valence-corrected chi connectivity index (χ4v) is 6.26. The number of allylic oxidation sites excluding steroid dienone is 3. The molecule has 0 amide bonds. The van der Waals surface area contributed by atoms with Gasteiger partial charge in [-0.15, -0.1) is 6.58 Å². The van der Waals surface area contributed by atoms with Gasteiger partial charge in [-0.05, 0) is 86.9 Å². The molecule has 130 valence electrons. The van der Waals surface area contributed by atoms with Crippen molar-refractivity contribution in [1.29, 1.82) is 0 Å². The molecule has 0 aromatic rings. The summed E-state index contributed by atoms with van der Waals surface area (Å²) in [5.41, 5.74) is 2.48. The standard InChI is InChI=1S/C23H38/c1-4-6-7-10-18-12-14-20(15-13-18)22-17-19(5-2)21-11-8-9-16-23(21,22)3/h4,17-21H,1,5-16H2,2-3H3/t18?,19-,20?,21?,23+/m0/s1. The van der Waals surface area contributed by atoms with Crippen molar-refractivity contribution in [3.8, 4) is 0 Å². The number of rotatable bonds is 6. The topological polar surface area (TPSA) is 0 Å². The van der Waals surface area contributed by atoms with Gasteiger partial charge in [0.1, 0.15) is 0 Å². The second kappa shape index (κ2) is 7.58. The van der Waals surface area contributed by atoms with E-state index >= 15 is 0 Å². The Morgan fingerprint density at radius 3 is 2.65 bits per heavy atom. The van der Waals surface area contributed by atoms with Crippen LogP contribution in [0.2, 0.25) is 0 Å². The van der Waals surface area contributed by atoms with E-state index in [4.69, 9.17) is 0 Å². The largest absolute Gasteiger partial charge is 0.103 e. The van der Waals surface area contributed by atoms with Gasteiger partial charge < -0.3 is 0 Å². The maximum Gasteiger partial charge on any atom is -0.00797 e. The molecule has 0 heterocycles. The van der Waals surface area contributed by atoms with E-state index in [1.807, 2.05) is 5.57 Å². The molecular weight excluding hydrogens is 276 g/mol. The van der Waals surface area contributed by atoms with Crippen LogP contribution >= 0.6 is 0 Å². The van der Waals surface area contributed by atoms with Crippen molar-refractivity contribution in [3.05, 3.63) is 24.3 Å². The minimum absolute atomic E-state index is 0.569. The minimum Gasteiger partial charge on any atom is -0.103 e. The van der Waals surface area contributed by atoms with Crippen LogP contribution in [0.25, 0.3) is 0 Å². The van der Waals surface area contributed by atoms with Crippen LogP contribution in [0.15, 0.2) is 24.3 Å². The Morgan fingerprint density at radius 1 is 1.17 bits per heavy atom. The van der Waals surface area contributed by atoms with E-state index in [2.05, 4.69) is 32.6 Å². The van der Waals surface area contributed by atoms with Crippen LogP contribution in [0.4, 0.5) is 0 Å². The third-order valence-corrected chi connectivity index (χ3v) is 7.63. The molecule has 3 aliphatic rings. The SMILES string of the molecule is C=CCCCC1CCC(C2=C[C@H](CC)C3CCCC[C@@]23C)CC1. The normalized spacial score (nSPS) is 40.5. The Balaban J connectivity index is 1.62. The predicted octanol–water partition coefficient (Wildman–Crippen LogP) is 7.31. The van der Waals surface area contributed by atoms with Gasteiger partial charge in [-0.2, -0.15) is 0 Å². The van der Waals surface area contributed by atoms with E-state index in [0.717, 1.165) is 23.7 Å². The van der Waals surface area contributed by atoms with Crippen LogP contribution in [0.1, 0.15) is 90.9 Å². The molecular formula is C23H38. The first kappa shape index (κ1) is 17.3. The summed E-state index contributed by atoms with van der Waals surface area (Å²) in [4.78, 5) is 0. The second-order valence-electron chi connectivity index (χ2n) is 8.90. The van der Waals surface area contributed by atoms with E-state index in [1.54, 1.807) is 0 Å². The molecule has 0 nitrogen and oxygen atoms in total. The molecule has 0 bridgehead atoms. The molecule has 0 aromatic heterocycles. The Kier molecular flexibility index (Phi) is 5.70. The summed E-state index contributed by atoms with van der Waals surface area (Å²) in [5, 5.41) is 0. The van der Waals surface area contributed by atoms with Crippen molar-refractivity contribution in [1.82, 2.24) is 0 Å². The predicted molar refractivity (Wildman–Crippen MR) is 101 cm³/mol. The van der Waals surface area contributed by atoms with Crippen LogP contribution < -0.4 is 0 Å². The third kappa shape index (κ3) is 3.47. The highest BCUT2D eigenvalue weighted by Gasteiger charge is 2.48. The molecule has 0 N–H and O–H groups in total. The summed E-state index contributed by atoms with van der Waals surface area (Å²) in [7, 11) is 0. The molecule has 0 heteroatoms. The summed E-state index contributed by atoms with van der Waals surface area (Å²) in [5.74, 6) is 3.79. The summed E-state index contributed by atoms with van der Waals surface area (Å²) in [6.07, 6.45) is 22.1. The molecule has 1 unspecified atom stereocenters. The molecule has 2 saturated carbocycles. The van der Waals surface area contributed by atoms with Crippen molar-refractivity contribution in [2.24, 2.45) is 29.1 Å². The smallest absolute Gasteiger partial charge is 0.00797 e. The molecule has 0 spiro atoms. The fourth-order valence-electron chi connectivity index (χ4n) is 6.26. The van der Waals surface area contributed by atoms with E-state index in [0.29, 0.717) is 5.41 Å². The maximum absolute atomic E-state index is 3.86. The highest BCUT2D eigenvalue weighted by atomic mass is 14.5.